The lowest BCUT2D eigenvalue weighted by atomic mass is 10.1. The van der Waals surface area contributed by atoms with Crippen molar-refractivity contribution in [2.75, 3.05) is 22.2 Å². The summed E-state index contributed by atoms with van der Waals surface area (Å²) in [6.45, 7) is 0.0228. The molecule has 0 bridgehead atoms. The molecule has 7 N–H and O–H groups in total. The SMILES string of the molecule is N/C(=C\N(N)c1ccc(NC(=O)Nc2ccccc2C(F)(F)F)cc1)CCCO. The van der Waals surface area contributed by atoms with Crippen molar-refractivity contribution in [3.8, 4) is 0 Å². The van der Waals surface area contributed by atoms with Crippen molar-refractivity contribution < 1.29 is 23.1 Å². The highest BCUT2D eigenvalue weighted by Gasteiger charge is 2.33. The largest absolute Gasteiger partial charge is 0.418 e. The number of urea groups is 1. The zero-order valence-corrected chi connectivity index (χ0v) is 15.4. The number of carbonyl (C=O) groups excluding carboxylic acids is 1. The summed E-state index contributed by atoms with van der Waals surface area (Å²) in [4.78, 5) is 12.1. The number of amides is 2. The predicted octanol–water partition coefficient (Wildman–Crippen LogP) is 3.60. The number of rotatable bonds is 7. The molecule has 2 rings (SSSR count). The Morgan fingerprint density at radius 3 is 2.38 bits per heavy atom. The van der Waals surface area contributed by atoms with E-state index in [9.17, 15) is 18.0 Å². The molecule has 0 heterocycles. The van der Waals surface area contributed by atoms with E-state index in [0.717, 1.165) is 6.07 Å². The molecule has 0 atom stereocenters. The quantitative estimate of drug-likeness (QED) is 0.354. The van der Waals surface area contributed by atoms with Crippen molar-refractivity contribution in [2.24, 2.45) is 11.6 Å². The van der Waals surface area contributed by atoms with Gasteiger partial charge in [-0.3, -0.25) is 5.01 Å². The Labute approximate surface area is 165 Å². The first-order valence-corrected chi connectivity index (χ1v) is 8.66. The van der Waals surface area contributed by atoms with Gasteiger partial charge in [0.2, 0.25) is 0 Å². The third kappa shape index (κ3) is 6.70. The Hall–Kier alpha value is -3.24. The molecule has 0 spiro atoms. The first-order chi connectivity index (χ1) is 13.7. The molecule has 0 unspecified atom stereocenters. The van der Waals surface area contributed by atoms with Crippen LogP contribution < -0.4 is 27.2 Å². The number of hydrogen-bond donors (Lipinski definition) is 5. The van der Waals surface area contributed by atoms with E-state index in [-0.39, 0.29) is 12.3 Å². The molecule has 2 amide bonds. The molecule has 0 fully saturated rings. The normalized spacial score (nSPS) is 11.8. The van der Waals surface area contributed by atoms with E-state index in [4.69, 9.17) is 16.7 Å². The lowest BCUT2D eigenvalue weighted by Gasteiger charge is -2.16. The number of anilines is 3. The van der Waals surface area contributed by atoms with E-state index in [1.807, 2.05) is 0 Å². The van der Waals surface area contributed by atoms with Gasteiger partial charge in [0, 0.05) is 24.2 Å². The van der Waals surface area contributed by atoms with Gasteiger partial charge in [-0.1, -0.05) is 12.1 Å². The van der Waals surface area contributed by atoms with Gasteiger partial charge in [0.1, 0.15) is 0 Å². The average Bonchev–Trinajstić information content (AvgIpc) is 2.66. The highest BCUT2D eigenvalue weighted by molar-refractivity contribution is 6.00. The van der Waals surface area contributed by atoms with Gasteiger partial charge in [-0.15, -0.1) is 0 Å². The van der Waals surface area contributed by atoms with E-state index in [2.05, 4.69) is 10.6 Å². The van der Waals surface area contributed by atoms with Gasteiger partial charge in [-0.05, 0) is 49.2 Å². The number of carbonyl (C=O) groups is 1. The maximum absolute atomic E-state index is 13.0. The van der Waals surface area contributed by atoms with Crippen molar-refractivity contribution in [2.45, 2.75) is 19.0 Å². The summed E-state index contributed by atoms with van der Waals surface area (Å²) in [5, 5.41) is 14.7. The standard InChI is InChI=1S/C19H22F3N5O2/c20-19(21,22)16-5-1-2-6-17(16)26-18(29)25-14-7-9-15(10-8-14)27(24)12-13(23)4-3-11-28/h1-2,5-10,12,28H,3-4,11,23-24H2,(H2,25,26,29)/b13-12-. The number of alkyl halides is 3. The molecule has 0 aromatic heterocycles. The summed E-state index contributed by atoms with van der Waals surface area (Å²) >= 11 is 0. The summed E-state index contributed by atoms with van der Waals surface area (Å²) in [6.07, 6.45) is -2.06. The third-order valence-electron chi connectivity index (χ3n) is 3.83. The maximum atomic E-state index is 13.0. The highest BCUT2D eigenvalue weighted by Crippen LogP contribution is 2.34. The van der Waals surface area contributed by atoms with E-state index in [1.54, 1.807) is 24.3 Å². The first kappa shape index (κ1) is 22.1. The minimum atomic E-state index is -4.58. The van der Waals surface area contributed by atoms with Gasteiger partial charge in [0.05, 0.1) is 16.9 Å². The van der Waals surface area contributed by atoms with Gasteiger partial charge >= 0.3 is 12.2 Å². The van der Waals surface area contributed by atoms with Crippen LogP contribution in [0.25, 0.3) is 0 Å². The number of para-hydroxylation sites is 1. The fourth-order valence-corrected chi connectivity index (χ4v) is 2.44. The highest BCUT2D eigenvalue weighted by atomic mass is 19.4. The first-order valence-electron chi connectivity index (χ1n) is 8.66. The molecule has 0 aliphatic carbocycles. The summed E-state index contributed by atoms with van der Waals surface area (Å²) in [5.41, 5.74) is 5.94. The molecular weight excluding hydrogens is 387 g/mol. The molecule has 29 heavy (non-hydrogen) atoms. The van der Waals surface area contributed by atoms with Crippen LogP contribution in [0.4, 0.5) is 35.0 Å². The minimum absolute atomic E-state index is 0.0228. The molecule has 2 aromatic rings. The Bertz CT molecular complexity index is 854. The van der Waals surface area contributed by atoms with Crippen LogP contribution in [0.1, 0.15) is 18.4 Å². The molecule has 10 heteroatoms. The Kier molecular flexibility index (Phi) is 7.46. The lowest BCUT2D eigenvalue weighted by molar-refractivity contribution is -0.136. The second-order valence-corrected chi connectivity index (χ2v) is 6.11. The maximum Gasteiger partial charge on any atom is 0.418 e. The van der Waals surface area contributed by atoms with Crippen LogP contribution in [0, 0.1) is 0 Å². The van der Waals surface area contributed by atoms with Crippen LogP contribution in [-0.2, 0) is 6.18 Å². The predicted molar refractivity (Wildman–Crippen MR) is 106 cm³/mol. The van der Waals surface area contributed by atoms with Crippen LogP contribution in [0.5, 0.6) is 0 Å². The summed E-state index contributed by atoms with van der Waals surface area (Å²) in [7, 11) is 0. The number of aliphatic hydroxyl groups excluding tert-OH is 1. The van der Waals surface area contributed by atoms with Crippen molar-refractivity contribution in [1.29, 1.82) is 0 Å². The van der Waals surface area contributed by atoms with E-state index in [0.29, 0.717) is 29.9 Å². The molecule has 156 valence electrons. The van der Waals surface area contributed by atoms with Gasteiger partial charge in [-0.2, -0.15) is 13.2 Å². The lowest BCUT2D eigenvalue weighted by Crippen LogP contribution is -2.26. The van der Waals surface area contributed by atoms with Gasteiger partial charge in [0.15, 0.2) is 0 Å². The Balaban J connectivity index is 2.01. The Morgan fingerprint density at radius 1 is 1.10 bits per heavy atom. The number of nitrogens with one attached hydrogen (secondary N) is 2. The molecule has 0 saturated heterocycles. The molecule has 0 aliphatic rings. The molecular formula is C19H22F3N5O2. The van der Waals surface area contributed by atoms with E-state index < -0.39 is 17.8 Å². The van der Waals surface area contributed by atoms with Crippen molar-refractivity contribution in [3.05, 3.63) is 66.0 Å². The Morgan fingerprint density at radius 2 is 1.76 bits per heavy atom. The number of nitrogens with two attached hydrogens (primary N) is 2. The molecule has 0 aliphatic heterocycles. The molecule has 2 aromatic carbocycles. The molecule has 0 radical (unpaired) electrons. The van der Waals surface area contributed by atoms with Crippen LogP contribution in [0.2, 0.25) is 0 Å². The third-order valence-corrected chi connectivity index (χ3v) is 3.83. The average molecular weight is 409 g/mol. The second kappa shape index (κ2) is 9.80. The van der Waals surface area contributed by atoms with Crippen molar-refractivity contribution in [1.82, 2.24) is 0 Å². The van der Waals surface area contributed by atoms with Gasteiger partial charge < -0.3 is 21.5 Å². The zero-order valence-electron chi connectivity index (χ0n) is 15.4. The zero-order chi connectivity index (χ0) is 21.4. The number of aliphatic hydroxyl groups is 1. The van der Waals surface area contributed by atoms with Crippen LogP contribution in [0.15, 0.2) is 60.4 Å². The van der Waals surface area contributed by atoms with Crippen molar-refractivity contribution >= 4 is 23.1 Å². The topological polar surface area (TPSA) is 117 Å². The van der Waals surface area contributed by atoms with Gasteiger partial charge in [-0.25, -0.2) is 10.6 Å². The van der Waals surface area contributed by atoms with Crippen LogP contribution in [0.3, 0.4) is 0 Å². The number of benzene rings is 2. The smallest absolute Gasteiger partial charge is 0.401 e. The molecule has 0 saturated carbocycles. The second-order valence-electron chi connectivity index (χ2n) is 6.11. The van der Waals surface area contributed by atoms with E-state index in [1.165, 1.54) is 29.4 Å². The number of hydrazine groups is 1. The van der Waals surface area contributed by atoms with Gasteiger partial charge in [0.25, 0.3) is 0 Å². The fraction of sp³-hybridized carbons (Fsp3) is 0.211. The van der Waals surface area contributed by atoms with E-state index >= 15 is 0 Å². The summed E-state index contributed by atoms with van der Waals surface area (Å²) in [6, 6.07) is 10.2. The monoisotopic (exact) mass is 409 g/mol. The summed E-state index contributed by atoms with van der Waals surface area (Å²) < 4.78 is 39.0. The number of allylic oxidation sites excluding steroid dienone is 1. The number of nitrogens with zero attached hydrogens (tertiary/aromatic N) is 1. The fourth-order valence-electron chi connectivity index (χ4n) is 2.44. The number of halogens is 3. The summed E-state index contributed by atoms with van der Waals surface area (Å²) in [5.74, 6) is 5.89. The number of hydrogen-bond acceptors (Lipinski definition) is 5. The van der Waals surface area contributed by atoms with Crippen LogP contribution >= 0.6 is 0 Å². The minimum Gasteiger partial charge on any atom is -0.401 e. The molecule has 7 nitrogen and oxygen atoms in total. The van der Waals surface area contributed by atoms with Crippen LogP contribution in [-0.4, -0.2) is 17.7 Å². The van der Waals surface area contributed by atoms with Crippen molar-refractivity contribution in [3.63, 3.8) is 0 Å².